The van der Waals surface area contributed by atoms with Crippen molar-refractivity contribution in [2.24, 2.45) is 0 Å². The molecular formula is C23H19ClFNO4. The number of aryl methyl sites for hydroxylation is 1. The van der Waals surface area contributed by atoms with E-state index < -0.39 is 11.8 Å². The van der Waals surface area contributed by atoms with Gasteiger partial charge in [0.2, 0.25) is 5.88 Å². The highest BCUT2D eigenvalue weighted by Crippen LogP contribution is 2.30. The summed E-state index contributed by atoms with van der Waals surface area (Å²) in [6.07, 6.45) is 1.49. The number of ketones is 1. The van der Waals surface area contributed by atoms with Gasteiger partial charge in [-0.3, -0.25) is 4.79 Å². The Morgan fingerprint density at radius 3 is 2.50 bits per heavy atom. The first-order chi connectivity index (χ1) is 14.2. The number of carboxylic acids is 1. The van der Waals surface area contributed by atoms with Crippen LogP contribution in [0.1, 0.15) is 51.1 Å². The lowest BCUT2D eigenvalue weighted by atomic mass is 9.93. The highest BCUT2D eigenvalue weighted by atomic mass is 35.5. The summed E-state index contributed by atoms with van der Waals surface area (Å²) in [6.45, 7) is 3.50. The summed E-state index contributed by atoms with van der Waals surface area (Å²) in [7, 11) is 0. The van der Waals surface area contributed by atoms with Crippen LogP contribution in [0, 0.1) is 12.7 Å². The first kappa shape index (κ1) is 21.5. The van der Waals surface area contributed by atoms with Gasteiger partial charge in [-0.15, -0.1) is 0 Å². The molecule has 0 radical (unpaired) electrons. The van der Waals surface area contributed by atoms with Crippen LogP contribution in [-0.2, 0) is 0 Å². The van der Waals surface area contributed by atoms with Crippen molar-refractivity contribution in [3.8, 4) is 11.6 Å². The number of halogens is 2. The Bertz CT molecular complexity index is 1100. The third-order valence-electron chi connectivity index (χ3n) is 4.69. The van der Waals surface area contributed by atoms with Crippen molar-refractivity contribution in [1.82, 2.24) is 4.98 Å². The molecule has 2 aromatic carbocycles. The maximum Gasteiger partial charge on any atom is 0.335 e. The SMILES string of the molecule is Cc1ccc(Oc2ncc(Cl)cc2C(=O)C[C@@H](C)c2ccc(C(=O)O)cc2)cc1F. The number of pyridine rings is 1. The molecule has 1 atom stereocenters. The summed E-state index contributed by atoms with van der Waals surface area (Å²) in [5.41, 5.74) is 1.67. The first-order valence-corrected chi connectivity index (χ1v) is 9.58. The van der Waals surface area contributed by atoms with Gasteiger partial charge in [0.15, 0.2) is 5.78 Å². The van der Waals surface area contributed by atoms with Crippen molar-refractivity contribution in [3.63, 3.8) is 0 Å². The summed E-state index contributed by atoms with van der Waals surface area (Å²) < 4.78 is 19.5. The minimum absolute atomic E-state index is 0.0427. The number of aromatic carboxylic acids is 1. The van der Waals surface area contributed by atoms with E-state index in [0.717, 1.165) is 5.56 Å². The van der Waals surface area contributed by atoms with E-state index in [0.29, 0.717) is 5.56 Å². The number of benzene rings is 2. The van der Waals surface area contributed by atoms with Gasteiger partial charge in [-0.05, 0) is 48.2 Å². The molecule has 0 spiro atoms. The maximum absolute atomic E-state index is 13.8. The van der Waals surface area contributed by atoms with Gasteiger partial charge in [0.25, 0.3) is 0 Å². The Morgan fingerprint density at radius 1 is 1.17 bits per heavy atom. The van der Waals surface area contributed by atoms with Gasteiger partial charge in [0.1, 0.15) is 11.6 Å². The molecule has 7 heteroatoms. The van der Waals surface area contributed by atoms with Gasteiger partial charge < -0.3 is 9.84 Å². The molecule has 1 N–H and O–H groups in total. The summed E-state index contributed by atoms with van der Waals surface area (Å²) in [5, 5.41) is 9.28. The highest BCUT2D eigenvalue weighted by Gasteiger charge is 2.20. The second-order valence-electron chi connectivity index (χ2n) is 6.97. The van der Waals surface area contributed by atoms with Crippen LogP contribution in [0.2, 0.25) is 5.02 Å². The summed E-state index contributed by atoms with van der Waals surface area (Å²) >= 11 is 6.02. The second-order valence-corrected chi connectivity index (χ2v) is 7.41. The maximum atomic E-state index is 13.8. The molecule has 0 fully saturated rings. The molecule has 154 valence electrons. The lowest BCUT2D eigenvalue weighted by Crippen LogP contribution is -2.08. The Kier molecular flexibility index (Phi) is 6.47. The van der Waals surface area contributed by atoms with Crippen LogP contribution in [0.25, 0.3) is 0 Å². The van der Waals surface area contributed by atoms with E-state index in [1.54, 1.807) is 31.2 Å². The fourth-order valence-corrected chi connectivity index (χ4v) is 3.07. The monoisotopic (exact) mass is 427 g/mol. The van der Waals surface area contributed by atoms with Crippen LogP contribution in [0.15, 0.2) is 54.7 Å². The number of carbonyl (C=O) groups excluding carboxylic acids is 1. The van der Waals surface area contributed by atoms with Crippen LogP contribution in [0.3, 0.4) is 0 Å². The fraction of sp³-hybridized carbons (Fsp3) is 0.174. The smallest absolute Gasteiger partial charge is 0.335 e. The van der Waals surface area contributed by atoms with Gasteiger partial charge >= 0.3 is 5.97 Å². The average molecular weight is 428 g/mol. The molecule has 0 saturated heterocycles. The van der Waals surface area contributed by atoms with Crippen molar-refractivity contribution in [2.45, 2.75) is 26.2 Å². The Balaban J connectivity index is 1.81. The van der Waals surface area contributed by atoms with Crippen molar-refractivity contribution >= 4 is 23.4 Å². The van der Waals surface area contributed by atoms with Gasteiger partial charge in [-0.1, -0.05) is 36.7 Å². The third kappa shape index (κ3) is 5.02. The van der Waals surface area contributed by atoms with Crippen LogP contribution in [0.5, 0.6) is 11.6 Å². The molecule has 0 aliphatic rings. The Morgan fingerprint density at radius 2 is 1.87 bits per heavy atom. The number of carbonyl (C=O) groups is 2. The van der Waals surface area contributed by atoms with Crippen molar-refractivity contribution < 1.29 is 23.8 Å². The van der Waals surface area contributed by atoms with Crippen molar-refractivity contribution in [1.29, 1.82) is 0 Å². The zero-order chi connectivity index (χ0) is 21.8. The van der Waals surface area contributed by atoms with E-state index in [1.165, 1.54) is 30.5 Å². The highest BCUT2D eigenvalue weighted by molar-refractivity contribution is 6.30. The van der Waals surface area contributed by atoms with Crippen LogP contribution in [-0.4, -0.2) is 21.8 Å². The largest absolute Gasteiger partial charge is 0.478 e. The van der Waals surface area contributed by atoms with E-state index in [4.69, 9.17) is 21.4 Å². The molecule has 1 heterocycles. The summed E-state index contributed by atoms with van der Waals surface area (Å²) in [4.78, 5) is 28.0. The molecule has 3 aromatic rings. The van der Waals surface area contributed by atoms with Crippen molar-refractivity contribution in [3.05, 3.63) is 87.8 Å². The lowest BCUT2D eigenvalue weighted by molar-refractivity contribution is 0.0696. The van der Waals surface area contributed by atoms with Gasteiger partial charge in [-0.25, -0.2) is 14.2 Å². The minimum atomic E-state index is -1.01. The number of Topliss-reactive ketones (excluding diaryl/α,β-unsaturated/α-hetero) is 1. The molecule has 0 unspecified atom stereocenters. The molecule has 30 heavy (non-hydrogen) atoms. The number of aromatic nitrogens is 1. The van der Waals surface area contributed by atoms with Gasteiger partial charge in [0, 0.05) is 18.7 Å². The molecule has 5 nitrogen and oxygen atoms in total. The predicted octanol–water partition coefficient (Wildman–Crippen LogP) is 6.05. The number of hydrogen-bond donors (Lipinski definition) is 1. The van der Waals surface area contributed by atoms with E-state index in [2.05, 4.69) is 4.98 Å². The Hall–Kier alpha value is -3.25. The number of carboxylic acid groups (broad SMARTS) is 1. The predicted molar refractivity (Wildman–Crippen MR) is 111 cm³/mol. The van der Waals surface area contributed by atoms with Gasteiger partial charge in [0.05, 0.1) is 16.1 Å². The van der Waals surface area contributed by atoms with Crippen LogP contribution >= 0.6 is 11.6 Å². The average Bonchev–Trinajstić information content (AvgIpc) is 2.72. The minimum Gasteiger partial charge on any atom is -0.478 e. The lowest BCUT2D eigenvalue weighted by Gasteiger charge is -2.14. The number of hydrogen-bond acceptors (Lipinski definition) is 4. The molecule has 0 saturated carbocycles. The van der Waals surface area contributed by atoms with Gasteiger partial charge in [-0.2, -0.15) is 0 Å². The van der Waals surface area contributed by atoms with E-state index in [-0.39, 0.29) is 45.9 Å². The number of nitrogens with zero attached hydrogens (tertiary/aromatic N) is 1. The molecule has 0 aliphatic heterocycles. The first-order valence-electron chi connectivity index (χ1n) is 9.20. The molecule has 1 aromatic heterocycles. The molecular weight excluding hydrogens is 409 g/mol. The van der Waals surface area contributed by atoms with E-state index >= 15 is 0 Å². The van der Waals surface area contributed by atoms with E-state index in [1.807, 2.05) is 6.92 Å². The molecule has 0 amide bonds. The topological polar surface area (TPSA) is 76.5 Å². The van der Waals surface area contributed by atoms with Crippen LogP contribution < -0.4 is 4.74 Å². The van der Waals surface area contributed by atoms with E-state index in [9.17, 15) is 14.0 Å². The number of rotatable bonds is 7. The standard InChI is InChI=1S/C23H19ClFNO4/c1-13-3-8-18(11-20(13)25)30-22-19(10-17(24)12-26-22)21(27)9-14(2)15-4-6-16(7-5-15)23(28)29/h3-8,10-12,14H,9H2,1-2H3,(H,28,29)/t14-/m1/s1. The quantitative estimate of drug-likeness (QED) is 0.464. The molecule has 0 bridgehead atoms. The second kappa shape index (κ2) is 9.05. The molecule has 0 aliphatic carbocycles. The Labute approximate surface area is 178 Å². The zero-order valence-corrected chi connectivity index (χ0v) is 17.1. The fourth-order valence-electron chi connectivity index (χ4n) is 2.92. The normalized spacial score (nSPS) is 11.7. The zero-order valence-electron chi connectivity index (χ0n) is 16.4. The number of ether oxygens (including phenoxy) is 1. The summed E-state index contributed by atoms with van der Waals surface area (Å²) in [5.74, 6) is -1.59. The molecule has 3 rings (SSSR count). The summed E-state index contributed by atoms with van der Waals surface area (Å²) in [6, 6.07) is 12.2. The van der Waals surface area contributed by atoms with Crippen molar-refractivity contribution in [2.75, 3.05) is 0 Å². The third-order valence-corrected chi connectivity index (χ3v) is 4.90. The van der Waals surface area contributed by atoms with Crippen LogP contribution in [0.4, 0.5) is 4.39 Å².